The third-order valence-electron chi connectivity index (χ3n) is 6.44. The second kappa shape index (κ2) is 11.1. The van der Waals surface area contributed by atoms with Crippen LogP contribution < -0.4 is 10.1 Å². The van der Waals surface area contributed by atoms with Gasteiger partial charge in [0.15, 0.2) is 0 Å². The summed E-state index contributed by atoms with van der Waals surface area (Å²) in [6.45, 7) is 5.29. The molecule has 9 nitrogen and oxygen atoms in total. The van der Waals surface area contributed by atoms with Crippen molar-refractivity contribution in [3.8, 4) is 16.9 Å². The molecule has 0 atom stereocenters. The number of aryl methyl sites for hydroxylation is 1. The predicted octanol–water partition coefficient (Wildman–Crippen LogP) is 3.97. The summed E-state index contributed by atoms with van der Waals surface area (Å²) in [6.07, 6.45) is 0. The molecule has 192 valence electrons. The minimum absolute atomic E-state index is 0. The van der Waals surface area contributed by atoms with Gasteiger partial charge in [-0.25, -0.2) is 4.98 Å². The molecule has 2 heterocycles. The van der Waals surface area contributed by atoms with Crippen molar-refractivity contribution in [2.45, 2.75) is 6.92 Å². The molecule has 1 amide bonds. The first kappa shape index (κ1) is 26.3. The van der Waals surface area contributed by atoms with Crippen molar-refractivity contribution >= 4 is 40.2 Å². The third-order valence-corrected chi connectivity index (χ3v) is 6.77. The van der Waals surface area contributed by atoms with Crippen LogP contribution in [0.15, 0.2) is 54.6 Å². The van der Waals surface area contributed by atoms with E-state index in [9.17, 15) is 4.79 Å². The smallest absolute Gasteiger partial charge is 0.253 e. The van der Waals surface area contributed by atoms with Crippen LogP contribution in [0.4, 0.5) is 11.6 Å². The normalized spacial score (nSPS) is 13.8. The van der Waals surface area contributed by atoms with Gasteiger partial charge in [0.05, 0.1) is 12.6 Å². The number of carbonyl (C=O) groups excluding carboxylic acids is 1. The highest BCUT2D eigenvalue weighted by molar-refractivity contribution is 6.33. The van der Waals surface area contributed by atoms with Gasteiger partial charge >= 0.3 is 0 Å². The fourth-order valence-corrected chi connectivity index (χ4v) is 4.51. The summed E-state index contributed by atoms with van der Waals surface area (Å²) in [5.41, 5.74) is 5.65. The zero-order valence-corrected chi connectivity index (χ0v) is 21.7. The minimum Gasteiger partial charge on any atom is -0.497 e. The van der Waals surface area contributed by atoms with E-state index >= 15 is 0 Å². The lowest BCUT2D eigenvalue weighted by molar-refractivity contribution is 0.0664. The third kappa shape index (κ3) is 5.64. The van der Waals surface area contributed by atoms with Crippen molar-refractivity contribution in [3.63, 3.8) is 0 Å². The van der Waals surface area contributed by atoms with Crippen molar-refractivity contribution < 1.29 is 15.0 Å². The number of fused-ring (bicyclic) bond motifs is 1. The maximum Gasteiger partial charge on any atom is 0.253 e. The predicted molar refractivity (Wildman–Crippen MR) is 146 cm³/mol. The maximum atomic E-state index is 12.8. The van der Waals surface area contributed by atoms with Crippen LogP contribution in [0.25, 0.3) is 22.2 Å². The number of likely N-dealkylation sites (N-methyl/N-ethyl adjacent to an activating group) is 1. The molecule has 0 saturated carbocycles. The number of amides is 1. The molecule has 1 aliphatic rings. The highest BCUT2D eigenvalue weighted by Crippen LogP contribution is 2.35. The Bertz CT molecular complexity index is 1420. The Morgan fingerprint density at radius 3 is 2.38 bits per heavy atom. The van der Waals surface area contributed by atoms with Crippen LogP contribution in [0, 0.1) is 6.92 Å². The quantitative estimate of drug-likeness (QED) is 0.423. The number of ether oxygens (including phenoxy) is 1. The average Bonchev–Trinajstić information content (AvgIpc) is 2.89. The summed E-state index contributed by atoms with van der Waals surface area (Å²) < 4.78 is 5.36. The number of anilines is 2. The highest BCUT2D eigenvalue weighted by atomic mass is 35.5. The van der Waals surface area contributed by atoms with Gasteiger partial charge < -0.3 is 25.3 Å². The SMILES string of the molecule is COc1ccc(Cl)c(-c2cc3nnc(Nc4ccc(C(=O)N5CCN(C)CC5)cc4)nc3cc2C)c1.O. The number of hydrogen-bond acceptors (Lipinski definition) is 7. The molecule has 0 bridgehead atoms. The van der Waals surface area contributed by atoms with Crippen molar-refractivity contribution in [2.75, 3.05) is 45.7 Å². The van der Waals surface area contributed by atoms with Gasteiger partial charge in [-0.1, -0.05) is 11.6 Å². The van der Waals surface area contributed by atoms with Crippen molar-refractivity contribution in [1.29, 1.82) is 0 Å². The van der Waals surface area contributed by atoms with Crippen molar-refractivity contribution in [3.05, 3.63) is 70.7 Å². The summed E-state index contributed by atoms with van der Waals surface area (Å²) in [5, 5.41) is 12.4. The molecular formula is C27H29ClN6O3. The van der Waals surface area contributed by atoms with Crippen LogP contribution in [-0.4, -0.2) is 76.7 Å². The highest BCUT2D eigenvalue weighted by Gasteiger charge is 2.20. The van der Waals surface area contributed by atoms with Gasteiger partial charge in [-0.05, 0) is 79.7 Å². The summed E-state index contributed by atoms with van der Waals surface area (Å²) in [5.74, 6) is 1.17. The minimum atomic E-state index is 0. The van der Waals surface area contributed by atoms with E-state index in [1.165, 1.54) is 0 Å². The number of rotatable bonds is 5. The Balaban J connectivity index is 0.00000320. The Kier molecular flexibility index (Phi) is 7.87. The van der Waals surface area contributed by atoms with Gasteiger partial charge in [0.25, 0.3) is 5.91 Å². The van der Waals surface area contributed by atoms with Gasteiger partial charge in [0.1, 0.15) is 11.3 Å². The number of hydrogen-bond donors (Lipinski definition) is 1. The molecule has 0 unspecified atom stereocenters. The fraction of sp³-hybridized carbons (Fsp3) is 0.259. The van der Waals surface area contributed by atoms with Crippen molar-refractivity contribution in [2.24, 2.45) is 0 Å². The molecule has 10 heteroatoms. The lowest BCUT2D eigenvalue weighted by Gasteiger charge is -2.32. The lowest BCUT2D eigenvalue weighted by atomic mass is 9.99. The molecule has 0 aliphatic carbocycles. The Morgan fingerprint density at radius 2 is 1.68 bits per heavy atom. The number of nitrogens with one attached hydrogen (secondary N) is 1. The molecule has 1 fully saturated rings. The molecule has 1 saturated heterocycles. The van der Waals surface area contributed by atoms with Gasteiger partial charge in [-0.3, -0.25) is 4.79 Å². The van der Waals surface area contributed by atoms with E-state index in [-0.39, 0.29) is 11.4 Å². The molecule has 1 aliphatic heterocycles. The standard InChI is InChI=1S/C27H27ClN6O2.H2O/c1-17-14-24-25(16-21(17)22-15-20(36-3)8-9-23(22)28)31-32-27(30-24)29-19-6-4-18(5-7-19)26(35)34-12-10-33(2)11-13-34;/h4-9,14-16H,10-13H2,1-3H3,(H,29,30,32);1H2. The number of halogens is 1. The van der Waals surface area contributed by atoms with Crippen molar-refractivity contribution in [1.82, 2.24) is 25.0 Å². The maximum absolute atomic E-state index is 12.8. The second-order valence-electron chi connectivity index (χ2n) is 8.93. The van der Waals surface area contributed by atoms with Gasteiger partial charge in [0.2, 0.25) is 5.95 Å². The molecule has 3 aromatic carbocycles. The molecule has 5 rings (SSSR count). The van der Waals surface area contributed by atoms with Gasteiger partial charge in [-0.15, -0.1) is 10.2 Å². The molecule has 37 heavy (non-hydrogen) atoms. The first-order valence-corrected chi connectivity index (χ1v) is 12.1. The van der Waals surface area contributed by atoms with E-state index in [4.69, 9.17) is 16.3 Å². The molecule has 0 spiro atoms. The van der Waals surface area contributed by atoms with E-state index in [0.717, 1.165) is 59.8 Å². The topological polar surface area (TPSA) is 115 Å². The van der Waals surface area contributed by atoms with E-state index < -0.39 is 0 Å². The van der Waals surface area contributed by atoms with Crippen LogP contribution in [-0.2, 0) is 0 Å². The number of nitrogens with zero attached hydrogens (tertiary/aromatic N) is 5. The lowest BCUT2D eigenvalue weighted by Crippen LogP contribution is -2.47. The molecule has 1 aromatic heterocycles. The fourth-order valence-electron chi connectivity index (χ4n) is 4.29. The number of methoxy groups -OCH3 is 1. The van der Waals surface area contributed by atoms with Crippen LogP contribution in [0.5, 0.6) is 5.75 Å². The van der Waals surface area contributed by atoms with E-state index in [1.807, 2.05) is 66.4 Å². The van der Waals surface area contributed by atoms with Crippen LogP contribution in [0.3, 0.4) is 0 Å². The molecular weight excluding hydrogens is 492 g/mol. The Labute approximate surface area is 220 Å². The summed E-state index contributed by atoms with van der Waals surface area (Å²) in [4.78, 5) is 21.5. The molecule has 0 radical (unpaired) electrons. The second-order valence-corrected chi connectivity index (χ2v) is 9.34. The summed E-state index contributed by atoms with van der Waals surface area (Å²) >= 11 is 6.46. The molecule has 4 aromatic rings. The zero-order chi connectivity index (χ0) is 25.2. The monoisotopic (exact) mass is 520 g/mol. The Morgan fingerprint density at radius 1 is 0.946 bits per heavy atom. The van der Waals surface area contributed by atoms with E-state index in [0.29, 0.717) is 22.1 Å². The van der Waals surface area contributed by atoms with E-state index in [2.05, 4.69) is 32.4 Å². The van der Waals surface area contributed by atoms with E-state index in [1.54, 1.807) is 7.11 Å². The Hall–Kier alpha value is -3.79. The zero-order valence-electron chi connectivity index (χ0n) is 21.0. The number of carbonyl (C=O) groups is 1. The number of benzene rings is 3. The average molecular weight is 521 g/mol. The van der Waals surface area contributed by atoms with Gasteiger partial charge in [0, 0.05) is 48.0 Å². The van der Waals surface area contributed by atoms with Crippen LogP contribution in [0.2, 0.25) is 5.02 Å². The first-order chi connectivity index (χ1) is 17.4. The number of aromatic nitrogens is 3. The largest absolute Gasteiger partial charge is 0.497 e. The molecule has 3 N–H and O–H groups in total. The summed E-state index contributed by atoms with van der Waals surface area (Å²) in [6, 6.07) is 16.8. The number of piperazine rings is 1. The first-order valence-electron chi connectivity index (χ1n) is 11.7. The van der Waals surface area contributed by atoms with Gasteiger partial charge in [-0.2, -0.15) is 0 Å². The van der Waals surface area contributed by atoms with Crippen LogP contribution >= 0.6 is 11.6 Å². The summed E-state index contributed by atoms with van der Waals surface area (Å²) in [7, 11) is 3.70. The van der Waals surface area contributed by atoms with Crippen LogP contribution in [0.1, 0.15) is 15.9 Å².